The minimum absolute atomic E-state index is 0.243. The van der Waals surface area contributed by atoms with Crippen LogP contribution in [0.2, 0.25) is 0 Å². The fourth-order valence-electron chi connectivity index (χ4n) is 4.20. The van der Waals surface area contributed by atoms with Crippen LogP contribution in [-0.4, -0.2) is 33.3 Å². The van der Waals surface area contributed by atoms with Gasteiger partial charge in [0.2, 0.25) is 0 Å². The first-order chi connectivity index (χ1) is 19.5. The van der Waals surface area contributed by atoms with E-state index < -0.39 is 17.7 Å². The van der Waals surface area contributed by atoms with Crippen molar-refractivity contribution in [2.24, 2.45) is 0 Å². The Morgan fingerprint density at radius 1 is 0.875 bits per heavy atom. The number of benzene rings is 3. The van der Waals surface area contributed by atoms with E-state index in [1.165, 1.54) is 11.6 Å². The van der Waals surface area contributed by atoms with Crippen molar-refractivity contribution >= 4 is 5.69 Å². The summed E-state index contributed by atoms with van der Waals surface area (Å²) in [5.41, 5.74) is 5.47. The van der Waals surface area contributed by atoms with Crippen LogP contribution >= 0.6 is 0 Å². The molecule has 0 aliphatic carbocycles. The molecule has 0 unspecified atom stereocenters. The Hall–Kier alpha value is -4.47. The quantitative estimate of drug-likeness (QED) is 0.180. The zero-order valence-corrected chi connectivity index (χ0v) is 21.7. The highest BCUT2D eigenvalue weighted by molar-refractivity contribution is 5.54. The van der Waals surface area contributed by atoms with Crippen molar-refractivity contribution in [2.45, 2.75) is 25.5 Å². The molecule has 0 spiro atoms. The second-order valence-corrected chi connectivity index (χ2v) is 9.44. The number of aliphatic hydroxyl groups excluding tert-OH is 1. The summed E-state index contributed by atoms with van der Waals surface area (Å²) in [4.78, 5) is 8.42. The molecular formula is C31H29F2N5O2. The van der Waals surface area contributed by atoms with Crippen LogP contribution in [0.1, 0.15) is 34.2 Å². The molecule has 0 amide bonds. The molecule has 5 rings (SSSR count). The molecule has 3 aromatic carbocycles. The predicted octanol–water partition coefficient (Wildman–Crippen LogP) is 5.48. The summed E-state index contributed by atoms with van der Waals surface area (Å²) in [6.07, 6.45) is 3.91. The highest BCUT2D eigenvalue weighted by Crippen LogP contribution is 2.20. The molecule has 0 aliphatic rings. The van der Waals surface area contributed by atoms with Gasteiger partial charge in [0.15, 0.2) is 17.5 Å². The molecule has 1 atom stereocenters. The van der Waals surface area contributed by atoms with Crippen molar-refractivity contribution in [3.8, 4) is 11.5 Å². The van der Waals surface area contributed by atoms with Crippen LogP contribution in [0.15, 0.2) is 95.8 Å². The Kier molecular flexibility index (Phi) is 8.85. The summed E-state index contributed by atoms with van der Waals surface area (Å²) in [7, 11) is 0. The Bertz CT molecular complexity index is 1510. The summed E-state index contributed by atoms with van der Waals surface area (Å²) < 4.78 is 31.9. The summed E-state index contributed by atoms with van der Waals surface area (Å²) in [6, 6.07) is 23.5. The second kappa shape index (κ2) is 13.1. The zero-order valence-electron chi connectivity index (χ0n) is 21.7. The molecule has 0 saturated heterocycles. The van der Waals surface area contributed by atoms with Gasteiger partial charge < -0.3 is 20.3 Å². The van der Waals surface area contributed by atoms with Gasteiger partial charge in [-0.25, -0.2) is 8.78 Å². The first-order valence-corrected chi connectivity index (χ1v) is 13.0. The average Bonchev–Trinajstić information content (AvgIpc) is 3.46. The largest absolute Gasteiger partial charge is 0.387 e. The fourth-order valence-corrected chi connectivity index (χ4v) is 4.20. The number of hydrogen-bond acceptors (Lipinski definition) is 7. The van der Waals surface area contributed by atoms with E-state index in [0.29, 0.717) is 30.4 Å². The van der Waals surface area contributed by atoms with E-state index >= 15 is 0 Å². The number of anilines is 1. The smallest absolute Gasteiger partial charge is 0.257 e. The van der Waals surface area contributed by atoms with Gasteiger partial charge in [0, 0.05) is 48.7 Å². The highest BCUT2D eigenvalue weighted by Gasteiger charge is 2.11. The summed E-state index contributed by atoms with van der Waals surface area (Å²) in [5, 5.41) is 20.9. The molecule has 2 aromatic heterocycles. The standard InChI is InChI=1S/C31H29F2N5O2/c32-27-12-7-23(16-28(27)33)17-30-37-31(40-38-30)24-8-3-22(4-9-24)18-36-26-10-5-21(6-11-26)13-15-35-20-29(39)25-2-1-14-34-19-25/h1-12,14,16,19,29,35-36,39H,13,15,17-18,20H2/t29-/m0/s1. The lowest BCUT2D eigenvalue weighted by Gasteiger charge is -2.12. The molecule has 0 radical (unpaired) electrons. The molecule has 40 heavy (non-hydrogen) atoms. The maximum atomic E-state index is 13.4. The third kappa shape index (κ3) is 7.34. The number of halogens is 2. The Morgan fingerprint density at radius 3 is 2.40 bits per heavy atom. The van der Waals surface area contributed by atoms with Crippen molar-refractivity contribution in [3.63, 3.8) is 0 Å². The van der Waals surface area contributed by atoms with E-state index in [1.54, 1.807) is 12.4 Å². The van der Waals surface area contributed by atoms with Gasteiger partial charge in [-0.3, -0.25) is 4.98 Å². The second-order valence-electron chi connectivity index (χ2n) is 9.44. The van der Waals surface area contributed by atoms with Crippen LogP contribution in [-0.2, 0) is 19.4 Å². The number of aromatic nitrogens is 3. The topological polar surface area (TPSA) is 96.1 Å². The third-order valence-corrected chi connectivity index (χ3v) is 6.46. The van der Waals surface area contributed by atoms with Gasteiger partial charge in [-0.1, -0.05) is 41.6 Å². The Balaban J connectivity index is 1.06. The summed E-state index contributed by atoms with van der Waals surface area (Å²) in [6.45, 7) is 1.90. The minimum atomic E-state index is -0.899. The van der Waals surface area contributed by atoms with Gasteiger partial charge in [-0.15, -0.1) is 0 Å². The van der Waals surface area contributed by atoms with E-state index in [4.69, 9.17) is 4.52 Å². The van der Waals surface area contributed by atoms with E-state index in [9.17, 15) is 13.9 Å². The molecule has 0 fully saturated rings. The maximum Gasteiger partial charge on any atom is 0.257 e. The van der Waals surface area contributed by atoms with E-state index in [2.05, 4.69) is 50.0 Å². The Morgan fingerprint density at radius 2 is 1.65 bits per heavy atom. The lowest BCUT2D eigenvalue weighted by Crippen LogP contribution is -2.23. The first-order valence-electron chi connectivity index (χ1n) is 13.0. The molecule has 0 aliphatic heterocycles. The number of aliphatic hydroxyl groups is 1. The minimum Gasteiger partial charge on any atom is -0.387 e. The predicted molar refractivity (Wildman–Crippen MR) is 148 cm³/mol. The number of hydrogen-bond donors (Lipinski definition) is 3. The van der Waals surface area contributed by atoms with Crippen LogP contribution in [0.5, 0.6) is 0 Å². The van der Waals surface area contributed by atoms with E-state index in [1.807, 2.05) is 36.4 Å². The van der Waals surface area contributed by atoms with Crippen molar-refractivity contribution in [1.29, 1.82) is 0 Å². The van der Waals surface area contributed by atoms with Gasteiger partial charge in [0.05, 0.1) is 6.10 Å². The van der Waals surface area contributed by atoms with Crippen LogP contribution in [0, 0.1) is 11.6 Å². The number of pyridine rings is 1. The molecule has 0 bridgehead atoms. The molecule has 2 heterocycles. The van der Waals surface area contributed by atoms with E-state index in [-0.39, 0.29) is 6.42 Å². The van der Waals surface area contributed by atoms with Crippen LogP contribution in [0.3, 0.4) is 0 Å². The molecule has 5 aromatic rings. The molecule has 9 heteroatoms. The fraction of sp³-hybridized carbons (Fsp3) is 0.194. The summed E-state index contributed by atoms with van der Waals surface area (Å²) >= 11 is 0. The van der Waals surface area contributed by atoms with Gasteiger partial charge in [0.1, 0.15) is 0 Å². The van der Waals surface area contributed by atoms with E-state index in [0.717, 1.165) is 47.5 Å². The summed E-state index contributed by atoms with van der Waals surface area (Å²) in [5.74, 6) is -1.02. The molecule has 0 saturated carbocycles. The third-order valence-electron chi connectivity index (χ3n) is 6.46. The Labute approximate surface area is 230 Å². The van der Waals surface area contributed by atoms with Crippen LogP contribution in [0.4, 0.5) is 14.5 Å². The van der Waals surface area contributed by atoms with Gasteiger partial charge in [-0.05, 0) is 72.1 Å². The first kappa shape index (κ1) is 27.1. The van der Waals surface area contributed by atoms with Crippen LogP contribution in [0.25, 0.3) is 11.5 Å². The number of nitrogens with one attached hydrogen (secondary N) is 2. The average molecular weight is 542 g/mol. The van der Waals surface area contributed by atoms with Crippen molar-refractivity contribution in [3.05, 3.63) is 131 Å². The highest BCUT2D eigenvalue weighted by atomic mass is 19.2. The lowest BCUT2D eigenvalue weighted by atomic mass is 10.1. The van der Waals surface area contributed by atoms with Crippen molar-refractivity contribution < 1.29 is 18.4 Å². The SMILES string of the molecule is O[C@@H](CNCCc1ccc(NCc2ccc(-c3nc(Cc4ccc(F)c(F)c4)no3)cc2)cc1)c1cccnc1. The number of nitrogens with zero attached hydrogens (tertiary/aromatic N) is 3. The van der Waals surface area contributed by atoms with Crippen molar-refractivity contribution in [1.82, 2.24) is 20.4 Å². The molecule has 204 valence electrons. The lowest BCUT2D eigenvalue weighted by molar-refractivity contribution is 0.174. The molecular weight excluding hydrogens is 512 g/mol. The van der Waals surface area contributed by atoms with Gasteiger partial charge in [-0.2, -0.15) is 4.98 Å². The maximum absolute atomic E-state index is 13.4. The zero-order chi connectivity index (χ0) is 27.7. The van der Waals surface area contributed by atoms with Gasteiger partial charge >= 0.3 is 0 Å². The number of rotatable bonds is 12. The van der Waals surface area contributed by atoms with Crippen LogP contribution < -0.4 is 10.6 Å². The molecule has 7 nitrogen and oxygen atoms in total. The molecule has 3 N–H and O–H groups in total. The monoisotopic (exact) mass is 541 g/mol. The van der Waals surface area contributed by atoms with Crippen molar-refractivity contribution in [2.75, 3.05) is 18.4 Å². The normalized spacial score (nSPS) is 11.9. The van der Waals surface area contributed by atoms with Gasteiger partial charge in [0.25, 0.3) is 5.89 Å².